The molecular weight excluding hydrogens is 274 g/mol. The highest BCUT2D eigenvalue weighted by Gasteiger charge is 2.40. The van der Waals surface area contributed by atoms with Gasteiger partial charge in [0.25, 0.3) is 0 Å². The fourth-order valence-corrected chi connectivity index (χ4v) is 3.99. The fourth-order valence-electron chi connectivity index (χ4n) is 2.40. The van der Waals surface area contributed by atoms with Crippen LogP contribution < -0.4 is 0 Å². The van der Waals surface area contributed by atoms with Gasteiger partial charge in [0.1, 0.15) is 0 Å². The summed E-state index contributed by atoms with van der Waals surface area (Å²) in [6.07, 6.45) is 8.23. The normalized spacial score (nSPS) is 30.1. The molecule has 0 N–H and O–H groups in total. The summed E-state index contributed by atoms with van der Waals surface area (Å²) in [4.78, 5) is 14.1. The molecule has 4 heteroatoms. The van der Waals surface area contributed by atoms with Crippen LogP contribution in [0.4, 0.5) is 0 Å². The summed E-state index contributed by atoms with van der Waals surface area (Å²) in [7, 11) is 0. The van der Waals surface area contributed by atoms with E-state index in [0.717, 1.165) is 25.9 Å². The van der Waals surface area contributed by atoms with Crippen molar-refractivity contribution in [3.05, 3.63) is 0 Å². The van der Waals surface area contributed by atoms with Gasteiger partial charge >= 0.3 is 0 Å². The Balaban J connectivity index is 1.95. The number of carbonyl (C=O) groups excluding carboxylic acids is 1. The van der Waals surface area contributed by atoms with Crippen LogP contribution in [0.15, 0.2) is 0 Å². The third-order valence-electron chi connectivity index (χ3n) is 3.64. The average molecular weight is 292 g/mol. The quantitative estimate of drug-likeness (QED) is 0.745. The van der Waals surface area contributed by atoms with Crippen LogP contribution in [-0.2, 0) is 4.79 Å². The molecule has 2 rings (SSSR count). The summed E-state index contributed by atoms with van der Waals surface area (Å²) in [6, 6.07) is 0. The van der Waals surface area contributed by atoms with Crippen molar-refractivity contribution in [1.82, 2.24) is 4.90 Å². The van der Waals surface area contributed by atoms with Crippen molar-refractivity contribution >= 4 is 33.6 Å². The van der Waals surface area contributed by atoms with Gasteiger partial charge in [-0.2, -0.15) is 11.8 Å². The maximum absolute atomic E-state index is 11.9. The van der Waals surface area contributed by atoms with E-state index in [0.29, 0.717) is 10.7 Å². The molecule has 0 aromatic carbocycles. The SMILES string of the molecule is CSC1(CN2CCCC(Br)C2=O)CCC1. The van der Waals surface area contributed by atoms with Crippen LogP contribution in [0.3, 0.4) is 0 Å². The minimum absolute atomic E-state index is 0.0743. The molecule has 0 aromatic heterocycles. The van der Waals surface area contributed by atoms with Crippen molar-refractivity contribution in [1.29, 1.82) is 0 Å². The van der Waals surface area contributed by atoms with E-state index >= 15 is 0 Å². The number of hydrogen-bond acceptors (Lipinski definition) is 2. The standard InChI is InChI=1S/C11H18BrNOS/c1-15-11(5-3-6-11)8-13-7-2-4-9(12)10(13)14/h9H,2-8H2,1H3. The molecule has 1 atom stereocenters. The van der Waals surface area contributed by atoms with E-state index in [2.05, 4.69) is 27.1 Å². The molecule has 86 valence electrons. The number of carbonyl (C=O) groups is 1. The second-order valence-electron chi connectivity index (χ2n) is 4.61. The minimum Gasteiger partial charge on any atom is -0.340 e. The summed E-state index contributed by atoms with van der Waals surface area (Å²) in [6.45, 7) is 1.93. The van der Waals surface area contributed by atoms with Crippen LogP contribution >= 0.6 is 27.7 Å². The highest BCUT2D eigenvalue weighted by atomic mass is 79.9. The summed E-state index contributed by atoms with van der Waals surface area (Å²) in [5.74, 6) is 0.307. The Kier molecular flexibility index (Phi) is 3.66. The first-order valence-electron chi connectivity index (χ1n) is 5.65. The van der Waals surface area contributed by atoms with Crippen LogP contribution in [-0.4, -0.2) is 39.7 Å². The predicted molar refractivity (Wildman–Crippen MR) is 68.6 cm³/mol. The first-order valence-corrected chi connectivity index (χ1v) is 7.79. The average Bonchev–Trinajstić information content (AvgIpc) is 2.18. The molecule has 2 aliphatic rings. The van der Waals surface area contributed by atoms with Gasteiger partial charge in [-0.25, -0.2) is 0 Å². The van der Waals surface area contributed by atoms with E-state index in [1.165, 1.54) is 19.3 Å². The highest BCUT2D eigenvalue weighted by Crippen LogP contribution is 2.43. The van der Waals surface area contributed by atoms with Crippen molar-refractivity contribution in [2.45, 2.75) is 41.7 Å². The molecule has 2 nitrogen and oxygen atoms in total. The second-order valence-corrected chi connectivity index (χ2v) is 6.99. The highest BCUT2D eigenvalue weighted by molar-refractivity contribution is 9.10. The molecule has 1 heterocycles. The molecular formula is C11H18BrNOS. The van der Waals surface area contributed by atoms with Crippen LogP contribution in [0.5, 0.6) is 0 Å². The van der Waals surface area contributed by atoms with Crippen LogP contribution in [0, 0.1) is 0 Å². The smallest absolute Gasteiger partial charge is 0.236 e. The lowest BCUT2D eigenvalue weighted by Crippen LogP contribution is -2.51. The second kappa shape index (κ2) is 4.66. The van der Waals surface area contributed by atoms with Gasteiger partial charge < -0.3 is 4.90 Å². The Labute approximate surface area is 104 Å². The van der Waals surface area contributed by atoms with Crippen molar-refractivity contribution in [2.75, 3.05) is 19.3 Å². The molecule has 0 aromatic rings. The molecule has 1 saturated heterocycles. The third kappa shape index (κ3) is 2.36. The molecule has 1 saturated carbocycles. The van der Waals surface area contributed by atoms with Crippen LogP contribution in [0.2, 0.25) is 0 Å². The largest absolute Gasteiger partial charge is 0.340 e. The maximum atomic E-state index is 11.9. The third-order valence-corrected chi connectivity index (χ3v) is 5.89. The molecule has 1 aliphatic carbocycles. The van der Waals surface area contributed by atoms with E-state index in [1.54, 1.807) is 0 Å². The lowest BCUT2D eigenvalue weighted by Gasteiger charge is -2.45. The van der Waals surface area contributed by atoms with Gasteiger partial charge in [0.15, 0.2) is 0 Å². The zero-order chi connectivity index (χ0) is 10.9. The number of piperidine rings is 1. The van der Waals surface area contributed by atoms with Gasteiger partial charge in [-0.1, -0.05) is 22.4 Å². The van der Waals surface area contributed by atoms with Gasteiger partial charge in [0, 0.05) is 17.8 Å². The van der Waals surface area contributed by atoms with E-state index < -0.39 is 0 Å². The molecule has 0 spiro atoms. The fraction of sp³-hybridized carbons (Fsp3) is 0.909. The Morgan fingerprint density at radius 1 is 1.53 bits per heavy atom. The van der Waals surface area contributed by atoms with E-state index in [4.69, 9.17) is 0 Å². The molecule has 0 radical (unpaired) electrons. The van der Waals surface area contributed by atoms with Crippen LogP contribution in [0.1, 0.15) is 32.1 Å². The van der Waals surface area contributed by atoms with Crippen LogP contribution in [0.25, 0.3) is 0 Å². The summed E-state index contributed by atoms with van der Waals surface area (Å²) in [5.41, 5.74) is 0. The first kappa shape index (κ1) is 11.8. The molecule has 15 heavy (non-hydrogen) atoms. The Hall–Kier alpha value is 0.300. The molecule has 1 aliphatic heterocycles. The number of nitrogens with zero attached hydrogens (tertiary/aromatic N) is 1. The number of likely N-dealkylation sites (tertiary alicyclic amines) is 1. The zero-order valence-corrected chi connectivity index (χ0v) is 11.6. The molecule has 2 fully saturated rings. The molecule has 1 amide bonds. The monoisotopic (exact) mass is 291 g/mol. The number of thioether (sulfide) groups is 1. The van der Waals surface area contributed by atoms with E-state index in [9.17, 15) is 4.79 Å². The number of amides is 1. The summed E-state index contributed by atoms with van der Waals surface area (Å²) < 4.78 is 0.389. The molecule has 0 bridgehead atoms. The van der Waals surface area contributed by atoms with Gasteiger partial charge in [0.05, 0.1) is 4.83 Å². The van der Waals surface area contributed by atoms with Crippen molar-refractivity contribution in [3.8, 4) is 0 Å². The lowest BCUT2D eigenvalue weighted by molar-refractivity contribution is -0.133. The Bertz CT molecular complexity index is 249. The van der Waals surface area contributed by atoms with E-state index in [-0.39, 0.29) is 4.83 Å². The number of hydrogen-bond donors (Lipinski definition) is 0. The predicted octanol–water partition coefficient (Wildman–Crippen LogP) is 2.66. The minimum atomic E-state index is 0.0743. The van der Waals surface area contributed by atoms with E-state index in [1.807, 2.05) is 11.8 Å². The number of alkyl halides is 1. The summed E-state index contributed by atoms with van der Waals surface area (Å²) in [5, 5.41) is 0. The first-order chi connectivity index (χ1) is 7.17. The lowest BCUT2D eigenvalue weighted by atomic mass is 9.83. The Morgan fingerprint density at radius 2 is 2.27 bits per heavy atom. The van der Waals surface area contributed by atoms with Gasteiger partial charge in [-0.05, 0) is 31.9 Å². The van der Waals surface area contributed by atoms with Crippen molar-refractivity contribution in [3.63, 3.8) is 0 Å². The van der Waals surface area contributed by atoms with Crippen molar-refractivity contribution in [2.24, 2.45) is 0 Å². The zero-order valence-electron chi connectivity index (χ0n) is 9.17. The van der Waals surface area contributed by atoms with Gasteiger partial charge in [-0.15, -0.1) is 0 Å². The maximum Gasteiger partial charge on any atom is 0.236 e. The Morgan fingerprint density at radius 3 is 2.80 bits per heavy atom. The summed E-state index contributed by atoms with van der Waals surface area (Å²) >= 11 is 5.41. The van der Waals surface area contributed by atoms with Crippen molar-refractivity contribution < 1.29 is 4.79 Å². The molecule has 1 unspecified atom stereocenters. The van der Waals surface area contributed by atoms with Gasteiger partial charge in [-0.3, -0.25) is 4.79 Å². The van der Waals surface area contributed by atoms with Gasteiger partial charge in [0.2, 0.25) is 5.91 Å². The number of halogens is 1. The topological polar surface area (TPSA) is 20.3 Å². The number of rotatable bonds is 3.